The summed E-state index contributed by atoms with van der Waals surface area (Å²) >= 11 is 0. The summed E-state index contributed by atoms with van der Waals surface area (Å²) in [5, 5.41) is 0.633. The summed E-state index contributed by atoms with van der Waals surface area (Å²) < 4.78 is 1.61. The van der Waals surface area contributed by atoms with Gasteiger partial charge in [-0.25, -0.2) is 4.98 Å². The second-order valence-corrected chi connectivity index (χ2v) is 7.10. The molecular weight excluding hydrogens is 338 g/mol. The third kappa shape index (κ3) is 3.37. The van der Waals surface area contributed by atoms with Gasteiger partial charge in [0.05, 0.1) is 17.2 Å². The Kier molecular flexibility index (Phi) is 4.75. The molecule has 0 bridgehead atoms. The molecule has 0 unspecified atom stereocenters. The van der Waals surface area contributed by atoms with Crippen molar-refractivity contribution in [1.82, 2.24) is 9.55 Å². The number of hydrogen-bond acceptors (Lipinski definition) is 3. The number of aryl methyl sites for hydroxylation is 3. The average molecular weight is 361 g/mol. The Balaban J connectivity index is 1.45. The molecule has 0 spiro atoms. The number of nitrogens with zero attached hydrogens (tertiary/aromatic N) is 3. The van der Waals surface area contributed by atoms with Crippen LogP contribution in [-0.4, -0.2) is 22.0 Å². The molecule has 0 atom stereocenters. The number of hydrogen-bond donors (Lipinski definition) is 0. The molecule has 2 heterocycles. The van der Waals surface area contributed by atoms with Crippen LogP contribution < -0.4 is 10.5 Å². The molecule has 0 aliphatic carbocycles. The van der Waals surface area contributed by atoms with Crippen LogP contribution in [0.25, 0.3) is 10.9 Å². The maximum Gasteiger partial charge on any atom is 0.261 e. The molecule has 1 amide bonds. The Hall–Kier alpha value is -2.95. The van der Waals surface area contributed by atoms with E-state index < -0.39 is 0 Å². The van der Waals surface area contributed by atoms with E-state index in [4.69, 9.17) is 0 Å². The van der Waals surface area contributed by atoms with Crippen molar-refractivity contribution < 1.29 is 4.79 Å². The lowest BCUT2D eigenvalue weighted by Crippen LogP contribution is -2.35. The van der Waals surface area contributed by atoms with Gasteiger partial charge in [0.25, 0.3) is 5.56 Å². The molecular formula is C22H23N3O2. The first-order chi connectivity index (χ1) is 13.1. The monoisotopic (exact) mass is 361 g/mol. The van der Waals surface area contributed by atoms with Gasteiger partial charge >= 0.3 is 0 Å². The van der Waals surface area contributed by atoms with Crippen molar-refractivity contribution in [2.45, 2.75) is 39.2 Å². The van der Waals surface area contributed by atoms with Crippen LogP contribution in [0.1, 0.15) is 30.4 Å². The lowest BCUT2D eigenvalue weighted by atomic mass is 10.0. The highest BCUT2D eigenvalue weighted by Gasteiger charge is 2.21. The van der Waals surface area contributed by atoms with Crippen LogP contribution in [0.15, 0.2) is 53.6 Å². The largest absolute Gasteiger partial charge is 0.312 e. The second-order valence-electron chi connectivity index (χ2n) is 7.10. The number of fused-ring (bicyclic) bond motifs is 2. The van der Waals surface area contributed by atoms with Gasteiger partial charge < -0.3 is 4.90 Å². The highest BCUT2D eigenvalue weighted by atomic mass is 16.2. The molecule has 138 valence electrons. The summed E-state index contributed by atoms with van der Waals surface area (Å²) in [6.07, 6.45) is 4.66. The first-order valence-corrected chi connectivity index (χ1v) is 9.48. The van der Waals surface area contributed by atoms with E-state index in [1.165, 1.54) is 5.56 Å². The molecule has 2 aromatic carbocycles. The minimum atomic E-state index is -0.0422. The smallest absolute Gasteiger partial charge is 0.261 e. The number of amides is 1. The number of para-hydroxylation sites is 2. The van der Waals surface area contributed by atoms with Crippen molar-refractivity contribution in [3.63, 3.8) is 0 Å². The zero-order chi connectivity index (χ0) is 18.8. The summed E-state index contributed by atoms with van der Waals surface area (Å²) in [4.78, 5) is 31.7. The SMILES string of the molecule is Cc1cccc2c(=O)n(CCCC(=O)N3CCCc4ccccc43)cnc12. The van der Waals surface area contributed by atoms with Crippen LogP contribution in [-0.2, 0) is 17.8 Å². The van der Waals surface area contributed by atoms with Gasteiger partial charge in [0.2, 0.25) is 5.91 Å². The van der Waals surface area contributed by atoms with Crippen LogP contribution in [0.2, 0.25) is 0 Å². The van der Waals surface area contributed by atoms with E-state index in [0.29, 0.717) is 24.8 Å². The number of carbonyl (C=O) groups excluding carboxylic acids is 1. The van der Waals surface area contributed by atoms with E-state index >= 15 is 0 Å². The quantitative estimate of drug-likeness (QED) is 0.715. The number of rotatable bonds is 4. The van der Waals surface area contributed by atoms with Crippen LogP contribution in [0, 0.1) is 6.92 Å². The molecule has 3 aromatic rings. The Labute approximate surface area is 158 Å². The first-order valence-electron chi connectivity index (χ1n) is 9.48. The van der Waals surface area contributed by atoms with Crippen molar-refractivity contribution in [3.05, 3.63) is 70.3 Å². The Morgan fingerprint density at radius 1 is 1.15 bits per heavy atom. The molecule has 4 rings (SSSR count). The van der Waals surface area contributed by atoms with E-state index in [1.54, 1.807) is 10.9 Å². The summed E-state index contributed by atoms with van der Waals surface area (Å²) in [5.74, 6) is 0.125. The molecule has 27 heavy (non-hydrogen) atoms. The predicted molar refractivity (Wildman–Crippen MR) is 107 cm³/mol. The van der Waals surface area contributed by atoms with Gasteiger partial charge in [0.1, 0.15) is 0 Å². The fourth-order valence-corrected chi connectivity index (χ4v) is 3.83. The Bertz CT molecular complexity index is 1050. The molecule has 1 aliphatic rings. The van der Waals surface area contributed by atoms with Gasteiger partial charge in [-0.05, 0) is 49.4 Å². The molecule has 1 aromatic heterocycles. The first kappa shape index (κ1) is 17.5. The highest BCUT2D eigenvalue weighted by molar-refractivity contribution is 5.94. The Morgan fingerprint density at radius 2 is 2.00 bits per heavy atom. The molecule has 5 heteroatoms. The van der Waals surface area contributed by atoms with Crippen molar-refractivity contribution in [3.8, 4) is 0 Å². The average Bonchev–Trinajstić information content (AvgIpc) is 2.69. The fraction of sp³-hybridized carbons (Fsp3) is 0.318. The molecule has 0 fully saturated rings. The maximum atomic E-state index is 12.7. The van der Waals surface area contributed by atoms with Crippen LogP contribution in [0.5, 0.6) is 0 Å². The standard InChI is InChI=1S/C22H23N3O2/c1-16-7-4-10-18-21(16)23-15-24(22(18)27)13-6-12-20(26)25-14-5-9-17-8-2-3-11-19(17)25/h2-4,7-8,10-11,15H,5-6,9,12-14H2,1H3. The van der Waals surface area contributed by atoms with Crippen molar-refractivity contribution in [2.75, 3.05) is 11.4 Å². The third-order valence-electron chi connectivity index (χ3n) is 5.26. The maximum absolute atomic E-state index is 12.7. The number of aromatic nitrogens is 2. The van der Waals surface area contributed by atoms with Crippen LogP contribution in [0.3, 0.4) is 0 Å². The minimum Gasteiger partial charge on any atom is -0.312 e. The summed E-state index contributed by atoms with van der Waals surface area (Å²) in [7, 11) is 0. The molecule has 0 saturated heterocycles. The van der Waals surface area contributed by atoms with E-state index in [0.717, 1.165) is 36.2 Å². The van der Waals surface area contributed by atoms with Gasteiger partial charge in [-0.1, -0.05) is 30.3 Å². The van der Waals surface area contributed by atoms with Gasteiger partial charge in [-0.3, -0.25) is 14.2 Å². The molecule has 0 saturated carbocycles. The lowest BCUT2D eigenvalue weighted by molar-refractivity contribution is -0.118. The predicted octanol–water partition coefficient (Wildman–Crippen LogP) is 3.46. The zero-order valence-corrected chi connectivity index (χ0v) is 15.5. The van der Waals surface area contributed by atoms with Crippen LogP contribution in [0.4, 0.5) is 5.69 Å². The number of benzene rings is 2. The molecule has 1 aliphatic heterocycles. The normalized spacial score (nSPS) is 13.6. The van der Waals surface area contributed by atoms with Gasteiger partial charge in [0.15, 0.2) is 0 Å². The highest BCUT2D eigenvalue weighted by Crippen LogP contribution is 2.27. The Morgan fingerprint density at radius 3 is 2.89 bits per heavy atom. The summed E-state index contributed by atoms with van der Waals surface area (Å²) in [6.45, 7) is 3.22. The molecule has 0 N–H and O–H groups in total. The second kappa shape index (κ2) is 7.35. The van der Waals surface area contributed by atoms with Gasteiger partial charge in [-0.15, -0.1) is 0 Å². The summed E-state index contributed by atoms with van der Waals surface area (Å²) in [6, 6.07) is 13.8. The topological polar surface area (TPSA) is 55.2 Å². The minimum absolute atomic E-state index is 0.0422. The van der Waals surface area contributed by atoms with Crippen molar-refractivity contribution in [1.29, 1.82) is 0 Å². The number of carbonyl (C=O) groups is 1. The molecule has 0 radical (unpaired) electrons. The zero-order valence-electron chi connectivity index (χ0n) is 15.5. The van der Waals surface area contributed by atoms with Gasteiger partial charge in [-0.2, -0.15) is 0 Å². The fourth-order valence-electron chi connectivity index (χ4n) is 3.83. The van der Waals surface area contributed by atoms with Crippen molar-refractivity contribution >= 4 is 22.5 Å². The third-order valence-corrected chi connectivity index (χ3v) is 5.26. The van der Waals surface area contributed by atoms with E-state index in [2.05, 4.69) is 11.1 Å². The van der Waals surface area contributed by atoms with E-state index in [9.17, 15) is 9.59 Å². The molecule has 5 nitrogen and oxygen atoms in total. The lowest BCUT2D eigenvalue weighted by Gasteiger charge is -2.29. The van der Waals surface area contributed by atoms with Gasteiger partial charge in [0, 0.05) is 25.2 Å². The van der Waals surface area contributed by atoms with Crippen LogP contribution >= 0.6 is 0 Å². The van der Waals surface area contributed by atoms with E-state index in [-0.39, 0.29) is 11.5 Å². The van der Waals surface area contributed by atoms with E-state index in [1.807, 2.05) is 48.2 Å². The summed E-state index contributed by atoms with van der Waals surface area (Å²) in [5.41, 5.74) is 3.98. The number of anilines is 1. The van der Waals surface area contributed by atoms with Crippen molar-refractivity contribution in [2.24, 2.45) is 0 Å².